The minimum atomic E-state index is -1.97. The minimum absolute atomic E-state index is 0.0893. The van der Waals surface area contributed by atoms with Crippen molar-refractivity contribution in [3.63, 3.8) is 0 Å². The number of carbonyl (C=O) groups is 2. The highest BCUT2D eigenvalue weighted by atomic mass is 31.1. The lowest BCUT2D eigenvalue weighted by Crippen LogP contribution is -2.59. The molecule has 0 aliphatic rings. The molecule has 0 heterocycles. The van der Waals surface area contributed by atoms with Crippen molar-refractivity contribution in [2.45, 2.75) is 46.3 Å². The van der Waals surface area contributed by atoms with Crippen LogP contribution in [0.2, 0.25) is 0 Å². The van der Waals surface area contributed by atoms with Crippen molar-refractivity contribution in [3.8, 4) is 0 Å². The van der Waals surface area contributed by atoms with Crippen molar-refractivity contribution in [1.29, 1.82) is 0 Å². The Morgan fingerprint density at radius 2 is 1.25 bits per heavy atom. The predicted octanol–water partition coefficient (Wildman–Crippen LogP) is 3.20. The number of ether oxygens (including phenoxy) is 2. The first kappa shape index (κ1) is 19.5. The molecule has 0 saturated carbocycles. The summed E-state index contributed by atoms with van der Waals surface area (Å²) in [5.41, 5.74) is -3.00. The van der Waals surface area contributed by atoms with Crippen LogP contribution in [0.3, 0.4) is 0 Å². The Hall–Kier alpha value is -0.540. The number of carbonyl (C=O) groups excluding carboxylic acids is 2. The van der Waals surface area contributed by atoms with Gasteiger partial charge in [-0.15, -0.1) is 0 Å². The van der Waals surface area contributed by atoms with Crippen molar-refractivity contribution in [2.24, 2.45) is 5.41 Å². The van der Waals surface area contributed by atoms with Crippen LogP contribution in [0.4, 0.5) is 0 Å². The molecule has 0 aliphatic heterocycles. The zero-order chi connectivity index (χ0) is 15.8. The van der Waals surface area contributed by atoms with Gasteiger partial charge in [0, 0.05) is 13.2 Å². The smallest absolute Gasteiger partial charge is 0.282 e. The van der Waals surface area contributed by atoms with E-state index in [-0.39, 0.29) is 26.1 Å². The van der Waals surface area contributed by atoms with E-state index < -0.39 is 39.2 Å². The first-order chi connectivity index (χ1) is 9.46. The summed E-state index contributed by atoms with van der Waals surface area (Å²) in [5.74, 6) is -1.97. The lowest BCUT2D eigenvalue weighted by atomic mass is 9.75. The maximum Gasteiger partial charge on any atom is 0.282 e. The fraction of sp³-hybridized carbons (Fsp3) is 0.833. The molecule has 0 aromatic rings. The summed E-state index contributed by atoms with van der Waals surface area (Å²) in [5, 5.41) is 0. The summed E-state index contributed by atoms with van der Waals surface area (Å²) in [6.45, 7) is 6.80. The van der Waals surface area contributed by atoms with Gasteiger partial charge >= 0.3 is 0 Å². The van der Waals surface area contributed by atoms with Gasteiger partial charge in [-0.2, -0.15) is 0 Å². The van der Waals surface area contributed by atoms with Gasteiger partial charge in [-0.05, 0) is 26.7 Å². The number of hydrogen-bond acceptors (Lipinski definition) is 6. The summed E-state index contributed by atoms with van der Waals surface area (Å²) in [7, 11) is -1.54. The summed E-state index contributed by atoms with van der Waals surface area (Å²) in [6, 6.07) is 0. The van der Waals surface area contributed by atoms with Gasteiger partial charge in [0.1, 0.15) is 5.41 Å². The van der Waals surface area contributed by atoms with E-state index in [1.54, 1.807) is 27.7 Å². The highest BCUT2D eigenvalue weighted by Crippen LogP contribution is 2.47. The van der Waals surface area contributed by atoms with Gasteiger partial charge in [0.05, 0.1) is 0 Å². The molecule has 20 heavy (non-hydrogen) atoms. The fourth-order valence-electron chi connectivity index (χ4n) is 2.36. The molecule has 0 bridgehead atoms. The molecule has 6 nitrogen and oxygen atoms in total. The minimum Gasteiger partial charge on any atom is -0.342 e. The zero-order valence-electron chi connectivity index (χ0n) is 12.2. The second-order valence-electron chi connectivity index (χ2n) is 4.06. The summed E-state index contributed by atoms with van der Waals surface area (Å²) < 4.78 is 33.1. The second-order valence-corrected chi connectivity index (χ2v) is 5.24. The van der Waals surface area contributed by atoms with E-state index in [0.29, 0.717) is 0 Å². The largest absolute Gasteiger partial charge is 0.342 e. The third-order valence-corrected chi connectivity index (χ3v) is 4.44. The van der Waals surface area contributed by atoms with E-state index in [4.69, 9.17) is 9.47 Å². The molecule has 0 aliphatic carbocycles. The van der Waals surface area contributed by atoms with E-state index in [1.807, 2.05) is 0 Å². The Kier molecular flexibility index (Phi) is 8.45. The summed E-state index contributed by atoms with van der Waals surface area (Å²) in [4.78, 5) is 24.3. The van der Waals surface area contributed by atoms with E-state index in [1.165, 1.54) is 0 Å². The van der Waals surface area contributed by atoms with Crippen LogP contribution in [0.15, 0.2) is 0 Å². The SMILES string of the molecule is CCOC(OCC)(C(=O)P=O)C(CC)(CC)C(=O)P=O. The molecular weight excluding hydrogens is 302 g/mol. The van der Waals surface area contributed by atoms with E-state index >= 15 is 0 Å². The molecule has 0 radical (unpaired) electrons. The first-order valence-electron chi connectivity index (χ1n) is 6.49. The van der Waals surface area contributed by atoms with Crippen LogP contribution >= 0.6 is 16.9 Å². The average Bonchev–Trinajstić information content (AvgIpc) is 2.47. The first-order valence-corrected chi connectivity index (χ1v) is 8.12. The van der Waals surface area contributed by atoms with Crippen LogP contribution in [0.25, 0.3) is 0 Å². The van der Waals surface area contributed by atoms with Gasteiger partial charge in [0.25, 0.3) is 11.3 Å². The third-order valence-electron chi connectivity index (χ3n) is 3.39. The van der Waals surface area contributed by atoms with Crippen molar-refractivity contribution in [3.05, 3.63) is 0 Å². The van der Waals surface area contributed by atoms with Gasteiger partial charge in [-0.3, -0.25) is 18.7 Å². The highest BCUT2D eigenvalue weighted by Gasteiger charge is 2.61. The third kappa shape index (κ3) is 3.20. The van der Waals surface area contributed by atoms with Crippen molar-refractivity contribution in [1.82, 2.24) is 0 Å². The Balaban J connectivity index is 6.24. The molecule has 0 rings (SSSR count). The summed E-state index contributed by atoms with van der Waals surface area (Å²) in [6.07, 6.45) is 0.359. The van der Waals surface area contributed by atoms with Crippen LogP contribution < -0.4 is 0 Å². The van der Waals surface area contributed by atoms with Gasteiger partial charge in [0.15, 0.2) is 0 Å². The Labute approximate surface area is 122 Å². The Morgan fingerprint density at radius 3 is 1.50 bits per heavy atom. The molecule has 0 aromatic heterocycles. The van der Waals surface area contributed by atoms with E-state index in [9.17, 15) is 18.7 Å². The van der Waals surface area contributed by atoms with Crippen LogP contribution in [-0.4, -0.2) is 30.0 Å². The van der Waals surface area contributed by atoms with E-state index in [0.717, 1.165) is 0 Å². The molecule has 8 heteroatoms. The maximum absolute atomic E-state index is 12.2. The van der Waals surface area contributed by atoms with Crippen molar-refractivity contribution >= 4 is 28.0 Å². The Bertz CT molecular complexity index is 372. The van der Waals surface area contributed by atoms with Gasteiger partial charge in [-0.1, -0.05) is 13.8 Å². The van der Waals surface area contributed by atoms with Crippen molar-refractivity contribution in [2.75, 3.05) is 13.2 Å². The quantitative estimate of drug-likeness (QED) is 0.429. The molecule has 114 valence electrons. The summed E-state index contributed by atoms with van der Waals surface area (Å²) >= 11 is 0. The molecule has 0 fully saturated rings. The molecule has 0 unspecified atom stereocenters. The molecule has 0 amide bonds. The molecule has 0 saturated heterocycles. The lowest BCUT2D eigenvalue weighted by Gasteiger charge is -2.43. The highest BCUT2D eigenvalue weighted by molar-refractivity contribution is 7.47. The maximum atomic E-state index is 12.2. The lowest BCUT2D eigenvalue weighted by molar-refractivity contribution is -0.266. The van der Waals surface area contributed by atoms with Crippen LogP contribution in [0.1, 0.15) is 40.5 Å². The van der Waals surface area contributed by atoms with Gasteiger partial charge < -0.3 is 9.47 Å². The topological polar surface area (TPSA) is 86.7 Å². The predicted molar refractivity (Wildman–Crippen MR) is 74.2 cm³/mol. The van der Waals surface area contributed by atoms with Crippen molar-refractivity contribution < 1.29 is 28.2 Å². The van der Waals surface area contributed by atoms with Crippen LogP contribution in [-0.2, 0) is 28.2 Å². The number of rotatable bonds is 11. The van der Waals surface area contributed by atoms with Crippen LogP contribution in [0, 0.1) is 5.41 Å². The molecular formula is C12H20O6P2. The fourth-order valence-corrected chi connectivity index (χ4v) is 3.46. The average molecular weight is 322 g/mol. The second kappa shape index (κ2) is 8.68. The molecule has 0 atom stereocenters. The zero-order valence-corrected chi connectivity index (χ0v) is 14.0. The monoisotopic (exact) mass is 322 g/mol. The normalized spacial score (nSPS) is 12.8. The molecule has 0 N–H and O–H groups in total. The Morgan fingerprint density at radius 1 is 0.850 bits per heavy atom. The van der Waals surface area contributed by atoms with Gasteiger partial charge in [-0.25, -0.2) is 0 Å². The molecule has 0 spiro atoms. The van der Waals surface area contributed by atoms with Crippen LogP contribution in [0.5, 0.6) is 0 Å². The van der Waals surface area contributed by atoms with E-state index in [2.05, 4.69) is 0 Å². The standard InChI is InChI=1S/C12H20O6P2/c1-5-11(6-2,9(13)19-15)12(17-7-3,18-8-4)10(14)20-16/h5-8H2,1-4H3. The molecule has 0 aromatic carbocycles. The van der Waals surface area contributed by atoms with Gasteiger partial charge in [0.2, 0.25) is 22.4 Å². The number of hydrogen-bond donors (Lipinski definition) is 0.